The lowest BCUT2D eigenvalue weighted by molar-refractivity contribution is 0.238. The average Bonchev–Trinajstić information content (AvgIpc) is 3.21. The summed E-state index contributed by atoms with van der Waals surface area (Å²) < 4.78 is 5.17. The van der Waals surface area contributed by atoms with Crippen LogP contribution in [0.4, 0.5) is 4.79 Å². The van der Waals surface area contributed by atoms with E-state index in [1.54, 1.807) is 18.2 Å². The highest BCUT2D eigenvalue weighted by molar-refractivity contribution is 5.82. The fraction of sp³-hybridized carbons (Fsp3) is 0.105. The van der Waals surface area contributed by atoms with Crippen LogP contribution < -0.4 is 16.2 Å². The molecule has 0 aliphatic heterocycles. The lowest BCUT2D eigenvalue weighted by atomic mass is 10.1. The highest BCUT2D eigenvalue weighted by Crippen LogP contribution is 2.19. The molecular weight excluding hydrogens is 360 g/mol. The fourth-order valence-corrected chi connectivity index (χ4v) is 2.65. The van der Waals surface area contributed by atoms with Gasteiger partial charge < -0.3 is 20.1 Å². The monoisotopic (exact) mass is 376 g/mol. The summed E-state index contributed by atoms with van der Waals surface area (Å²) in [5.74, 6) is 0.580. The summed E-state index contributed by atoms with van der Waals surface area (Å²) in [7, 11) is 0. The first-order valence-corrected chi connectivity index (χ1v) is 8.55. The lowest BCUT2D eigenvalue weighted by Gasteiger charge is -2.05. The van der Waals surface area contributed by atoms with Gasteiger partial charge in [0.25, 0.3) is 5.56 Å². The number of hydrogen-bond acceptors (Lipinski definition) is 6. The number of H-pyrrole nitrogens is 1. The Morgan fingerprint density at radius 1 is 1.07 bits per heavy atom. The van der Waals surface area contributed by atoms with Crippen molar-refractivity contribution in [2.24, 2.45) is 0 Å². The minimum absolute atomic E-state index is 0.0866. The van der Waals surface area contributed by atoms with Gasteiger partial charge in [-0.05, 0) is 23.8 Å². The number of aromatic nitrogens is 4. The van der Waals surface area contributed by atoms with Crippen LogP contribution in [0.1, 0.15) is 11.5 Å². The number of benzene rings is 2. The number of amides is 2. The summed E-state index contributed by atoms with van der Waals surface area (Å²) in [6.07, 6.45) is 1.35. The first kappa shape index (κ1) is 17.4. The molecule has 2 heterocycles. The van der Waals surface area contributed by atoms with Gasteiger partial charge in [-0.25, -0.2) is 9.78 Å². The zero-order valence-electron chi connectivity index (χ0n) is 14.7. The number of nitrogens with one attached hydrogen (secondary N) is 3. The molecule has 2 aromatic carbocycles. The topological polar surface area (TPSA) is 126 Å². The number of aromatic amines is 1. The van der Waals surface area contributed by atoms with E-state index in [0.29, 0.717) is 28.8 Å². The van der Waals surface area contributed by atoms with Crippen molar-refractivity contribution in [1.29, 1.82) is 0 Å². The van der Waals surface area contributed by atoms with Gasteiger partial charge in [-0.2, -0.15) is 4.98 Å². The first-order chi connectivity index (χ1) is 13.7. The Kier molecular flexibility index (Phi) is 4.79. The maximum atomic E-state index is 11.9. The molecule has 28 heavy (non-hydrogen) atoms. The van der Waals surface area contributed by atoms with Crippen LogP contribution in [-0.4, -0.2) is 26.1 Å². The van der Waals surface area contributed by atoms with Gasteiger partial charge in [0.15, 0.2) is 0 Å². The Bertz CT molecular complexity index is 1170. The Labute approximate surface area is 158 Å². The average molecular weight is 376 g/mol. The van der Waals surface area contributed by atoms with E-state index in [0.717, 1.165) is 5.56 Å². The van der Waals surface area contributed by atoms with E-state index < -0.39 is 0 Å². The molecule has 2 amide bonds. The van der Waals surface area contributed by atoms with Gasteiger partial charge in [0.2, 0.25) is 11.7 Å². The summed E-state index contributed by atoms with van der Waals surface area (Å²) >= 11 is 0. The molecule has 4 aromatic rings. The third-order valence-electron chi connectivity index (χ3n) is 4.06. The number of rotatable bonds is 5. The first-order valence-electron chi connectivity index (χ1n) is 8.55. The largest absolute Gasteiger partial charge is 0.337 e. The quantitative estimate of drug-likeness (QED) is 0.489. The molecule has 0 bridgehead atoms. The minimum atomic E-state index is -0.341. The summed E-state index contributed by atoms with van der Waals surface area (Å²) in [5, 5.41) is 9.75. The van der Waals surface area contributed by atoms with Crippen molar-refractivity contribution in [1.82, 2.24) is 30.7 Å². The van der Waals surface area contributed by atoms with Gasteiger partial charge in [-0.15, -0.1) is 0 Å². The van der Waals surface area contributed by atoms with Gasteiger partial charge in [0.05, 0.1) is 23.8 Å². The lowest BCUT2D eigenvalue weighted by Crippen LogP contribution is -2.34. The van der Waals surface area contributed by atoms with E-state index in [4.69, 9.17) is 4.52 Å². The maximum absolute atomic E-state index is 11.9. The highest BCUT2D eigenvalue weighted by Gasteiger charge is 2.11. The molecule has 3 N–H and O–H groups in total. The smallest absolute Gasteiger partial charge is 0.315 e. The van der Waals surface area contributed by atoms with Gasteiger partial charge in [-0.1, -0.05) is 35.5 Å². The second kappa shape index (κ2) is 7.70. The van der Waals surface area contributed by atoms with Crippen LogP contribution in [0.5, 0.6) is 0 Å². The van der Waals surface area contributed by atoms with Gasteiger partial charge in [0, 0.05) is 12.1 Å². The zero-order valence-corrected chi connectivity index (χ0v) is 14.7. The van der Waals surface area contributed by atoms with E-state index >= 15 is 0 Å². The van der Waals surface area contributed by atoms with E-state index in [9.17, 15) is 9.59 Å². The molecular formula is C19H16N6O3. The van der Waals surface area contributed by atoms with Crippen molar-refractivity contribution < 1.29 is 9.32 Å². The summed E-state index contributed by atoms with van der Waals surface area (Å²) in [6, 6.07) is 14.4. The summed E-state index contributed by atoms with van der Waals surface area (Å²) in [4.78, 5) is 34.7. The van der Waals surface area contributed by atoms with Crippen molar-refractivity contribution >= 4 is 16.9 Å². The van der Waals surface area contributed by atoms with Gasteiger partial charge >= 0.3 is 6.03 Å². The van der Waals surface area contributed by atoms with Crippen LogP contribution in [0.2, 0.25) is 0 Å². The molecule has 140 valence electrons. The number of nitrogens with zero attached hydrogens (tertiary/aromatic N) is 3. The van der Waals surface area contributed by atoms with Crippen LogP contribution in [-0.2, 0) is 13.1 Å². The molecule has 2 aromatic heterocycles. The molecule has 0 saturated heterocycles. The third-order valence-corrected chi connectivity index (χ3v) is 4.06. The minimum Gasteiger partial charge on any atom is -0.337 e. The van der Waals surface area contributed by atoms with Crippen LogP contribution >= 0.6 is 0 Å². The van der Waals surface area contributed by atoms with Crippen LogP contribution in [0.25, 0.3) is 22.3 Å². The molecule has 0 atom stereocenters. The summed E-state index contributed by atoms with van der Waals surface area (Å²) in [6.45, 7) is 0.505. The SMILES string of the molecule is O=C(NCc1ccccc1)NCc1nc(-c2ccc3nc[nH]c(=O)c3c2)no1. The third kappa shape index (κ3) is 3.88. The number of fused-ring (bicyclic) bond motifs is 1. The van der Waals surface area contributed by atoms with E-state index in [1.807, 2.05) is 30.3 Å². The van der Waals surface area contributed by atoms with Gasteiger partial charge in [0.1, 0.15) is 0 Å². The Hall–Kier alpha value is -4.01. The molecule has 0 aliphatic carbocycles. The predicted octanol–water partition coefficient (Wildman–Crippen LogP) is 1.97. The molecule has 9 heteroatoms. The van der Waals surface area contributed by atoms with Crippen molar-refractivity contribution in [2.45, 2.75) is 13.1 Å². The predicted molar refractivity (Wildman–Crippen MR) is 101 cm³/mol. The van der Waals surface area contributed by atoms with E-state index in [1.165, 1.54) is 6.33 Å². The molecule has 0 saturated carbocycles. The molecule has 0 unspecified atom stereocenters. The van der Waals surface area contributed by atoms with Crippen molar-refractivity contribution in [2.75, 3.05) is 0 Å². The van der Waals surface area contributed by atoms with E-state index in [2.05, 4.69) is 30.7 Å². The summed E-state index contributed by atoms with van der Waals surface area (Å²) in [5.41, 5.74) is 1.95. The van der Waals surface area contributed by atoms with E-state index in [-0.39, 0.29) is 24.0 Å². The Balaban J connectivity index is 1.38. The van der Waals surface area contributed by atoms with Crippen molar-refractivity contribution in [3.63, 3.8) is 0 Å². The number of carbonyl (C=O) groups excluding carboxylic acids is 1. The molecule has 4 rings (SSSR count). The standard InChI is InChI=1S/C19H16N6O3/c26-18-14-8-13(6-7-15(14)22-11-23-18)17-24-16(28-25-17)10-21-19(27)20-9-12-4-2-1-3-5-12/h1-8,11H,9-10H2,(H2,20,21,27)(H,22,23,26). The molecule has 9 nitrogen and oxygen atoms in total. The van der Waals surface area contributed by atoms with Crippen LogP contribution in [0, 0.1) is 0 Å². The van der Waals surface area contributed by atoms with Crippen molar-refractivity contribution in [3.8, 4) is 11.4 Å². The molecule has 0 aliphatic rings. The maximum Gasteiger partial charge on any atom is 0.315 e. The molecule has 0 spiro atoms. The number of urea groups is 1. The fourth-order valence-electron chi connectivity index (χ4n) is 2.65. The highest BCUT2D eigenvalue weighted by atomic mass is 16.5. The molecule has 0 radical (unpaired) electrons. The number of carbonyl (C=O) groups is 1. The van der Waals surface area contributed by atoms with Crippen molar-refractivity contribution in [3.05, 3.63) is 76.7 Å². The zero-order chi connectivity index (χ0) is 19.3. The second-order valence-electron chi connectivity index (χ2n) is 6.00. The Morgan fingerprint density at radius 2 is 1.89 bits per heavy atom. The second-order valence-corrected chi connectivity index (χ2v) is 6.00. The molecule has 0 fully saturated rings. The Morgan fingerprint density at radius 3 is 2.75 bits per heavy atom. The number of hydrogen-bond donors (Lipinski definition) is 3. The van der Waals surface area contributed by atoms with Crippen LogP contribution in [0.15, 0.2) is 64.2 Å². The van der Waals surface area contributed by atoms with Crippen LogP contribution in [0.3, 0.4) is 0 Å². The normalized spacial score (nSPS) is 10.7. The van der Waals surface area contributed by atoms with Gasteiger partial charge in [-0.3, -0.25) is 4.79 Å².